The molecule has 2 heterocycles. The van der Waals surface area contributed by atoms with Gasteiger partial charge in [-0.3, -0.25) is 4.90 Å². The summed E-state index contributed by atoms with van der Waals surface area (Å²) in [6.07, 6.45) is 0. The first-order valence-corrected chi connectivity index (χ1v) is 10.1. The molecule has 148 valence electrons. The van der Waals surface area contributed by atoms with E-state index in [0.717, 1.165) is 61.5 Å². The van der Waals surface area contributed by atoms with Crippen molar-refractivity contribution in [3.63, 3.8) is 0 Å². The Kier molecular flexibility index (Phi) is 4.74. The van der Waals surface area contributed by atoms with E-state index in [1.807, 2.05) is 36.4 Å². The Labute approximate surface area is 171 Å². The fourth-order valence-electron chi connectivity index (χ4n) is 4.15. The first-order chi connectivity index (χ1) is 14.3. The van der Waals surface area contributed by atoms with Gasteiger partial charge in [0.2, 0.25) is 0 Å². The van der Waals surface area contributed by atoms with Crippen molar-refractivity contribution in [2.24, 2.45) is 0 Å². The van der Waals surface area contributed by atoms with Crippen molar-refractivity contribution in [2.45, 2.75) is 0 Å². The minimum absolute atomic E-state index is 0.844. The monoisotopic (exact) mass is 387 g/mol. The average Bonchev–Trinajstić information content (AvgIpc) is 2.79. The van der Waals surface area contributed by atoms with E-state index in [2.05, 4.69) is 51.1 Å². The molecular formula is C24H25N3O2. The summed E-state index contributed by atoms with van der Waals surface area (Å²) in [7, 11) is 1.74. The van der Waals surface area contributed by atoms with Crippen molar-refractivity contribution in [3.8, 4) is 17.2 Å². The molecule has 0 radical (unpaired) electrons. The highest BCUT2D eigenvalue weighted by Crippen LogP contribution is 2.46. The lowest BCUT2D eigenvalue weighted by molar-refractivity contribution is 0.261. The Bertz CT molecular complexity index is 953. The molecule has 1 saturated heterocycles. The number of piperazine rings is 1. The van der Waals surface area contributed by atoms with Crippen LogP contribution in [-0.4, -0.2) is 44.9 Å². The van der Waals surface area contributed by atoms with Crippen molar-refractivity contribution in [1.82, 2.24) is 4.90 Å². The molecule has 0 aliphatic carbocycles. The van der Waals surface area contributed by atoms with Crippen LogP contribution in [0, 0.1) is 0 Å². The van der Waals surface area contributed by atoms with Crippen LogP contribution in [-0.2, 0) is 0 Å². The van der Waals surface area contributed by atoms with Crippen LogP contribution in [0.4, 0.5) is 17.1 Å². The zero-order chi connectivity index (χ0) is 19.6. The number of benzene rings is 3. The van der Waals surface area contributed by atoms with Gasteiger partial charge < -0.3 is 19.3 Å². The fourth-order valence-corrected chi connectivity index (χ4v) is 4.15. The molecule has 5 nitrogen and oxygen atoms in total. The van der Waals surface area contributed by atoms with Crippen LogP contribution in [0.3, 0.4) is 0 Å². The lowest BCUT2D eigenvalue weighted by Gasteiger charge is -2.41. The molecule has 2 aliphatic heterocycles. The Morgan fingerprint density at radius 3 is 1.90 bits per heavy atom. The number of rotatable bonds is 4. The molecule has 0 unspecified atom stereocenters. The van der Waals surface area contributed by atoms with Gasteiger partial charge in [-0.2, -0.15) is 0 Å². The predicted molar refractivity (Wildman–Crippen MR) is 117 cm³/mol. The maximum Gasteiger partial charge on any atom is 0.151 e. The standard InChI is InChI=1S/C24H25N3O2/c1-28-22-11-5-2-8-19(22)26-16-14-25(15-17-26)18-27-20-9-3-6-12-23(20)29-24-13-7-4-10-21(24)27/h2-13H,14-18H2,1H3. The summed E-state index contributed by atoms with van der Waals surface area (Å²) in [5, 5.41) is 0. The van der Waals surface area contributed by atoms with Gasteiger partial charge in [-0.25, -0.2) is 0 Å². The largest absolute Gasteiger partial charge is 0.495 e. The predicted octanol–water partition coefficient (Wildman–Crippen LogP) is 4.72. The van der Waals surface area contributed by atoms with Gasteiger partial charge in [0.1, 0.15) is 5.75 Å². The van der Waals surface area contributed by atoms with E-state index in [0.29, 0.717) is 0 Å². The van der Waals surface area contributed by atoms with Crippen LogP contribution in [0.1, 0.15) is 0 Å². The van der Waals surface area contributed by atoms with Crippen LogP contribution >= 0.6 is 0 Å². The van der Waals surface area contributed by atoms with E-state index in [-0.39, 0.29) is 0 Å². The van der Waals surface area contributed by atoms with Crippen molar-refractivity contribution in [1.29, 1.82) is 0 Å². The first kappa shape index (κ1) is 17.9. The zero-order valence-corrected chi connectivity index (χ0v) is 16.6. The molecular weight excluding hydrogens is 362 g/mol. The quantitative estimate of drug-likeness (QED) is 0.646. The number of hydrogen-bond donors (Lipinski definition) is 0. The van der Waals surface area contributed by atoms with Crippen LogP contribution in [0.5, 0.6) is 17.2 Å². The van der Waals surface area contributed by atoms with Gasteiger partial charge in [-0.05, 0) is 36.4 Å². The van der Waals surface area contributed by atoms with Crippen molar-refractivity contribution >= 4 is 17.1 Å². The molecule has 2 aliphatic rings. The second kappa shape index (κ2) is 7.68. The maximum atomic E-state index is 6.11. The van der Waals surface area contributed by atoms with Crippen LogP contribution in [0.25, 0.3) is 0 Å². The smallest absolute Gasteiger partial charge is 0.151 e. The molecule has 0 bridgehead atoms. The third kappa shape index (κ3) is 3.38. The molecule has 0 N–H and O–H groups in total. The van der Waals surface area contributed by atoms with Crippen LogP contribution in [0.15, 0.2) is 72.8 Å². The highest BCUT2D eigenvalue weighted by Gasteiger charge is 2.27. The lowest BCUT2D eigenvalue weighted by atomic mass is 10.1. The molecule has 3 aromatic carbocycles. The molecule has 3 aromatic rings. The van der Waals surface area contributed by atoms with E-state index in [1.165, 1.54) is 5.69 Å². The Morgan fingerprint density at radius 1 is 0.724 bits per heavy atom. The summed E-state index contributed by atoms with van der Waals surface area (Å²) in [6, 6.07) is 24.8. The molecule has 0 amide bonds. The van der Waals surface area contributed by atoms with Gasteiger partial charge in [0.25, 0.3) is 0 Å². The van der Waals surface area contributed by atoms with Gasteiger partial charge in [-0.15, -0.1) is 0 Å². The fraction of sp³-hybridized carbons (Fsp3) is 0.250. The van der Waals surface area contributed by atoms with E-state index < -0.39 is 0 Å². The molecule has 1 fully saturated rings. The Morgan fingerprint density at radius 2 is 1.28 bits per heavy atom. The van der Waals surface area contributed by atoms with Crippen molar-refractivity contribution in [2.75, 3.05) is 49.8 Å². The first-order valence-electron chi connectivity index (χ1n) is 10.1. The highest BCUT2D eigenvalue weighted by atomic mass is 16.5. The molecule has 5 rings (SSSR count). The zero-order valence-electron chi connectivity index (χ0n) is 16.6. The maximum absolute atomic E-state index is 6.11. The third-order valence-electron chi connectivity index (χ3n) is 5.67. The van der Waals surface area contributed by atoms with Gasteiger partial charge in [0, 0.05) is 26.2 Å². The van der Waals surface area contributed by atoms with Crippen LogP contribution < -0.4 is 19.3 Å². The SMILES string of the molecule is COc1ccccc1N1CCN(CN2c3ccccc3Oc3ccccc32)CC1. The van der Waals surface area contributed by atoms with Crippen molar-refractivity contribution < 1.29 is 9.47 Å². The second-order valence-corrected chi connectivity index (χ2v) is 7.38. The summed E-state index contributed by atoms with van der Waals surface area (Å²) in [5.74, 6) is 2.77. The number of ether oxygens (including phenoxy) is 2. The summed E-state index contributed by atoms with van der Waals surface area (Å²) >= 11 is 0. The molecule has 0 spiro atoms. The number of para-hydroxylation sites is 6. The van der Waals surface area contributed by atoms with E-state index in [1.54, 1.807) is 7.11 Å². The minimum atomic E-state index is 0.844. The van der Waals surface area contributed by atoms with Gasteiger partial charge in [0.15, 0.2) is 11.5 Å². The molecule has 5 heteroatoms. The second-order valence-electron chi connectivity index (χ2n) is 7.38. The van der Waals surface area contributed by atoms with Gasteiger partial charge in [-0.1, -0.05) is 36.4 Å². The third-order valence-corrected chi connectivity index (χ3v) is 5.67. The lowest BCUT2D eigenvalue weighted by Crippen LogP contribution is -2.49. The number of anilines is 3. The summed E-state index contributed by atoms with van der Waals surface area (Å²) in [6.45, 7) is 4.80. The normalized spacial score (nSPS) is 16.0. The summed E-state index contributed by atoms with van der Waals surface area (Å²) in [5.41, 5.74) is 3.42. The van der Waals surface area contributed by atoms with E-state index in [4.69, 9.17) is 9.47 Å². The van der Waals surface area contributed by atoms with Gasteiger partial charge >= 0.3 is 0 Å². The number of methoxy groups -OCH3 is 1. The van der Waals surface area contributed by atoms with Gasteiger partial charge in [0.05, 0.1) is 30.8 Å². The van der Waals surface area contributed by atoms with Crippen molar-refractivity contribution in [3.05, 3.63) is 72.8 Å². The molecule has 0 atom stereocenters. The average molecular weight is 387 g/mol. The number of fused-ring (bicyclic) bond motifs is 2. The molecule has 0 saturated carbocycles. The highest BCUT2D eigenvalue weighted by molar-refractivity contribution is 5.77. The Hall–Kier alpha value is -3.18. The van der Waals surface area contributed by atoms with Crippen LogP contribution in [0.2, 0.25) is 0 Å². The van der Waals surface area contributed by atoms with E-state index >= 15 is 0 Å². The molecule has 29 heavy (non-hydrogen) atoms. The summed E-state index contributed by atoms with van der Waals surface area (Å²) in [4.78, 5) is 7.29. The number of nitrogens with zero attached hydrogens (tertiary/aromatic N) is 3. The molecule has 0 aromatic heterocycles. The topological polar surface area (TPSA) is 28.2 Å². The Balaban J connectivity index is 1.33. The number of hydrogen-bond acceptors (Lipinski definition) is 5. The van der Waals surface area contributed by atoms with E-state index in [9.17, 15) is 0 Å². The minimum Gasteiger partial charge on any atom is -0.495 e. The summed E-state index contributed by atoms with van der Waals surface area (Å²) < 4.78 is 11.7.